The number of rotatable bonds is 4. The Hall–Kier alpha value is -2.26. The van der Waals surface area contributed by atoms with Crippen molar-refractivity contribution in [1.82, 2.24) is 29.6 Å². The van der Waals surface area contributed by atoms with Crippen molar-refractivity contribution in [2.45, 2.75) is 37.7 Å². The molecule has 3 fully saturated rings. The van der Waals surface area contributed by atoms with Crippen LogP contribution >= 0.6 is 0 Å². The Bertz CT molecular complexity index is 871. The quantitative estimate of drug-likeness (QED) is 0.751. The van der Waals surface area contributed by atoms with Crippen LogP contribution in [0.4, 0.5) is 5.82 Å². The number of hydrogen-bond donors (Lipinski definition) is 0. The fourth-order valence-corrected chi connectivity index (χ4v) is 4.70. The molecule has 29 heavy (non-hydrogen) atoms. The van der Waals surface area contributed by atoms with Gasteiger partial charge in [0.25, 0.3) is 0 Å². The van der Waals surface area contributed by atoms with Gasteiger partial charge in [-0.05, 0) is 50.9 Å². The molecule has 3 saturated heterocycles. The van der Waals surface area contributed by atoms with E-state index in [2.05, 4.69) is 26.1 Å². The fraction of sp³-hybridized carbons (Fsp3) is 0.700. The predicted molar refractivity (Wildman–Crippen MR) is 108 cm³/mol. The van der Waals surface area contributed by atoms with Gasteiger partial charge in [-0.25, -0.2) is 0 Å². The van der Waals surface area contributed by atoms with Crippen molar-refractivity contribution in [3.05, 3.63) is 18.0 Å². The van der Waals surface area contributed by atoms with Crippen LogP contribution in [-0.2, 0) is 9.53 Å². The molecule has 3 aliphatic heterocycles. The van der Waals surface area contributed by atoms with Crippen LogP contribution in [-0.4, -0.2) is 94.5 Å². The molecule has 2 aromatic rings. The molecule has 156 valence electrons. The van der Waals surface area contributed by atoms with E-state index in [0.717, 1.165) is 62.9 Å². The summed E-state index contributed by atoms with van der Waals surface area (Å²) in [6.07, 6.45) is 4.66. The standard InChI is InChI=1S/C20H29N7O2/c1-24-12-16(29-14-19(24)28)13-25-10-6-15(7-11-25)20-22-21-17-4-5-18(23-27(17)20)26-8-2-3-9-26/h4-5,15-16H,2-3,6-14H2,1H3. The molecule has 1 amide bonds. The van der Waals surface area contributed by atoms with Crippen molar-refractivity contribution in [2.75, 3.05) is 57.8 Å². The number of hydrogen-bond acceptors (Lipinski definition) is 7. The van der Waals surface area contributed by atoms with Crippen LogP contribution in [0.5, 0.6) is 0 Å². The number of fused-ring (bicyclic) bond motifs is 1. The van der Waals surface area contributed by atoms with Gasteiger partial charge in [-0.1, -0.05) is 0 Å². The molecular weight excluding hydrogens is 370 g/mol. The van der Waals surface area contributed by atoms with Crippen molar-refractivity contribution in [3.63, 3.8) is 0 Å². The molecule has 1 atom stereocenters. The van der Waals surface area contributed by atoms with Crippen molar-refractivity contribution in [2.24, 2.45) is 0 Å². The molecule has 5 heterocycles. The number of piperidine rings is 1. The van der Waals surface area contributed by atoms with Crippen LogP contribution in [0.15, 0.2) is 12.1 Å². The van der Waals surface area contributed by atoms with E-state index < -0.39 is 0 Å². The maximum absolute atomic E-state index is 11.6. The van der Waals surface area contributed by atoms with Crippen LogP contribution in [0, 0.1) is 0 Å². The summed E-state index contributed by atoms with van der Waals surface area (Å²) in [6.45, 7) is 5.93. The largest absolute Gasteiger partial charge is 0.365 e. The molecule has 0 aliphatic carbocycles. The minimum Gasteiger partial charge on any atom is -0.365 e. The minimum absolute atomic E-state index is 0.0689. The first-order valence-corrected chi connectivity index (χ1v) is 10.7. The second kappa shape index (κ2) is 7.87. The summed E-state index contributed by atoms with van der Waals surface area (Å²) >= 11 is 0. The summed E-state index contributed by atoms with van der Waals surface area (Å²) < 4.78 is 7.67. The topological polar surface area (TPSA) is 79.1 Å². The summed E-state index contributed by atoms with van der Waals surface area (Å²) in [4.78, 5) is 18.1. The molecule has 9 nitrogen and oxygen atoms in total. The lowest BCUT2D eigenvalue weighted by Crippen LogP contribution is -2.49. The molecular formula is C20H29N7O2. The van der Waals surface area contributed by atoms with E-state index in [0.29, 0.717) is 12.5 Å². The number of carbonyl (C=O) groups is 1. The van der Waals surface area contributed by atoms with E-state index >= 15 is 0 Å². The highest BCUT2D eigenvalue weighted by Gasteiger charge is 2.29. The predicted octanol–water partition coefficient (Wildman–Crippen LogP) is 0.761. The van der Waals surface area contributed by atoms with Gasteiger partial charge in [0, 0.05) is 39.1 Å². The number of ether oxygens (including phenoxy) is 1. The molecule has 9 heteroatoms. The molecule has 3 aliphatic rings. The zero-order chi connectivity index (χ0) is 19.8. The molecule has 0 N–H and O–H groups in total. The van der Waals surface area contributed by atoms with Gasteiger partial charge in [-0.3, -0.25) is 4.79 Å². The van der Waals surface area contributed by atoms with Crippen LogP contribution in [0.2, 0.25) is 0 Å². The molecule has 5 rings (SSSR count). The first-order valence-electron chi connectivity index (χ1n) is 10.7. The zero-order valence-corrected chi connectivity index (χ0v) is 17.0. The van der Waals surface area contributed by atoms with Crippen molar-refractivity contribution >= 4 is 17.4 Å². The highest BCUT2D eigenvalue weighted by atomic mass is 16.5. The first-order chi connectivity index (χ1) is 14.2. The summed E-state index contributed by atoms with van der Waals surface area (Å²) in [7, 11) is 1.85. The Balaban J connectivity index is 1.23. The van der Waals surface area contributed by atoms with Gasteiger partial charge >= 0.3 is 0 Å². The summed E-state index contributed by atoms with van der Waals surface area (Å²) in [5, 5.41) is 13.7. The molecule has 1 unspecified atom stereocenters. The van der Waals surface area contributed by atoms with Gasteiger partial charge in [0.15, 0.2) is 11.5 Å². The minimum atomic E-state index is 0.0689. The normalized spacial score (nSPS) is 24.7. The van der Waals surface area contributed by atoms with Gasteiger partial charge in [0.05, 0.1) is 6.10 Å². The number of likely N-dealkylation sites (tertiary alicyclic amines) is 1. The zero-order valence-electron chi connectivity index (χ0n) is 17.0. The maximum Gasteiger partial charge on any atom is 0.248 e. The summed E-state index contributed by atoms with van der Waals surface area (Å²) in [5.74, 6) is 2.46. The Morgan fingerprint density at radius 1 is 1.10 bits per heavy atom. The lowest BCUT2D eigenvalue weighted by Gasteiger charge is -2.36. The molecule has 0 saturated carbocycles. The number of anilines is 1. The molecule has 2 aromatic heterocycles. The summed E-state index contributed by atoms with van der Waals surface area (Å²) in [5.41, 5.74) is 0.827. The van der Waals surface area contributed by atoms with E-state index in [1.807, 2.05) is 17.6 Å². The molecule has 0 aromatic carbocycles. The maximum atomic E-state index is 11.6. The Morgan fingerprint density at radius 2 is 1.90 bits per heavy atom. The number of amides is 1. The van der Waals surface area contributed by atoms with Gasteiger partial charge in [0.2, 0.25) is 5.91 Å². The third-order valence-electron chi connectivity index (χ3n) is 6.46. The average Bonchev–Trinajstić information content (AvgIpc) is 3.41. The van der Waals surface area contributed by atoms with E-state index in [9.17, 15) is 4.79 Å². The van der Waals surface area contributed by atoms with Gasteiger partial charge < -0.3 is 19.4 Å². The SMILES string of the molecule is CN1CC(CN2CCC(c3nnc4ccc(N5CCCC5)nn34)CC2)OCC1=O. The fourth-order valence-electron chi connectivity index (χ4n) is 4.70. The lowest BCUT2D eigenvalue weighted by atomic mass is 9.96. The van der Waals surface area contributed by atoms with Crippen LogP contribution in [0.1, 0.15) is 37.4 Å². The lowest BCUT2D eigenvalue weighted by molar-refractivity contribution is -0.147. The number of carbonyl (C=O) groups excluding carboxylic acids is 1. The average molecular weight is 399 g/mol. The smallest absolute Gasteiger partial charge is 0.248 e. The molecule has 0 spiro atoms. The highest BCUT2D eigenvalue weighted by Crippen LogP contribution is 2.28. The third-order valence-corrected chi connectivity index (χ3v) is 6.46. The van der Waals surface area contributed by atoms with Gasteiger partial charge in [-0.2, -0.15) is 4.52 Å². The number of likely N-dealkylation sites (N-methyl/N-ethyl adjacent to an activating group) is 1. The number of morpholine rings is 1. The first kappa shape index (κ1) is 18.7. The van der Waals surface area contributed by atoms with E-state index in [-0.39, 0.29) is 18.6 Å². The van der Waals surface area contributed by atoms with Crippen molar-refractivity contribution in [1.29, 1.82) is 0 Å². The van der Waals surface area contributed by atoms with Crippen LogP contribution in [0.25, 0.3) is 5.65 Å². The monoisotopic (exact) mass is 399 g/mol. The van der Waals surface area contributed by atoms with Crippen molar-refractivity contribution < 1.29 is 9.53 Å². The van der Waals surface area contributed by atoms with Crippen molar-refractivity contribution in [3.8, 4) is 0 Å². The van der Waals surface area contributed by atoms with E-state index in [4.69, 9.17) is 9.84 Å². The van der Waals surface area contributed by atoms with E-state index in [1.54, 1.807) is 4.90 Å². The third kappa shape index (κ3) is 3.81. The second-order valence-corrected chi connectivity index (χ2v) is 8.50. The molecule has 0 radical (unpaired) electrons. The number of aromatic nitrogens is 4. The Kier molecular flexibility index (Phi) is 5.09. The van der Waals surface area contributed by atoms with Crippen LogP contribution in [0.3, 0.4) is 0 Å². The second-order valence-electron chi connectivity index (χ2n) is 8.50. The summed E-state index contributed by atoms with van der Waals surface area (Å²) in [6, 6.07) is 4.10. The van der Waals surface area contributed by atoms with Gasteiger partial charge in [0.1, 0.15) is 12.4 Å². The van der Waals surface area contributed by atoms with Crippen LogP contribution < -0.4 is 4.90 Å². The number of nitrogens with zero attached hydrogens (tertiary/aromatic N) is 7. The molecule has 0 bridgehead atoms. The highest BCUT2D eigenvalue weighted by molar-refractivity contribution is 5.77. The van der Waals surface area contributed by atoms with Gasteiger partial charge in [-0.15, -0.1) is 15.3 Å². The van der Waals surface area contributed by atoms with E-state index in [1.165, 1.54) is 12.8 Å². The Morgan fingerprint density at radius 3 is 2.66 bits per heavy atom. The Labute approximate surface area is 170 Å².